The van der Waals surface area contributed by atoms with Crippen LogP contribution in [-0.2, 0) is 6.54 Å². The van der Waals surface area contributed by atoms with E-state index in [2.05, 4.69) is 69.1 Å². The Morgan fingerprint density at radius 2 is 1.50 bits per heavy atom. The summed E-state index contributed by atoms with van der Waals surface area (Å²) < 4.78 is 6.98. The Balaban J connectivity index is 1.36. The minimum atomic E-state index is 0.760. The predicted molar refractivity (Wildman–Crippen MR) is 103 cm³/mol. The molecule has 0 spiro atoms. The largest absolute Gasteiger partial charge is 0.492 e. The molecule has 1 heterocycles. The second-order valence-corrected chi connectivity index (χ2v) is 7.32. The van der Waals surface area contributed by atoms with Gasteiger partial charge in [0.25, 0.3) is 0 Å². The van der Waals surface area contributed by atoms with E-state index in [9.17, 15) is 0 Å². The van der Waals surface area contributed by atoms with Crippen molar-refractivity contribution in [3.63, 3.8) is 0 Å². The van der Waals surface area contributed by atoms with E-state index >= 15 is 0 Å². The number of aryl methyl sites for hydroxylation is 1. The lowest BCUT2D eigenvalue weighted by Gasteiger charge is -2.34. The number of piperazine rings is 1. The molecule has 0 N–H and O–H groups in total. The molecule has 0 bridgehead atoms. The van der Waals surface area contributed by atoms with Gasteiger partial charge in [0.2, 0.25) is 0 Å². The monoisotopic (exact) mass is 388 g/mol. The first kappa shape index (κ1) is 17.5. The molecule has 3 nitrogen and oxygen atoms in total. The van der Waals surface area contributed by atoms with E-state index in [0.717, 1.165) is 56.1 Å². The van der Waals surface area contributed by atoms with Gasteiger partial charge in [-0.1, -0.05) is 45.8 Å². The van der Waals surface area contributed by atoms with Gasteiger partial charge >= 0.3 is 0 Å². The van der Waals surface area contributed by atoms with Gasteiger partial charge < -0.3 is 4.74 Å². The smallest absolute Gasteiger partial charge is 0.119 e. The highest BCUT2D eigenvalue weighted by atomic mass is 79.9. The molecule has 0 atom stereocenters. The average molecular weight is 389 g/mol. The fraction of sp³-hybridized carbons (Fsp3) is 0.400. The summed E-state index contributed by atoms with van der Waals surface area (Å²) in [7, 11) is 0. The molecular formula is C20H25BrN2O. The average Bonchev–Trinajstić information content (AvgIpc) is 2.60. The van der Waals surface area contributed by atoms with Crippen LogP contribution in [0.15, 0.2) is 53.0 Å². The lowest BCUT2D eigenvalue weighted by Crippen LogP contribution is -2.47. The number of nitrogens with zero attached hydrogens (tertiary/aromatic N) is 2. The number of hydrogen-bond acceptors (Lipinski definition) is 3. The summed E-state index contributed by atoms with van der Waals surface area (Å²) in [6.45, 7) is 9.39. The van der Waals surface area contributed by atoms with E-state index in [1.807, 2.05) is 12.1 Å². The van der Waals surface area contributed by atoms with Crippen molar-refractivity contribution in [3.05, 3.63) is 64.1 Å². The first-order chi connectivity index (χ1) is 11.7. The molecule has 3 rings (SSSR count). The summed E-state index contributed by atoms with van der Waals surface area (Å²) in [6.07, 6.45) is 0. The van der Waals surface area contributed by atoms with E-state index < -0.39 is 0 Å². The highest BCUT2D eigenvalue weighted by Crippen LogP contribution is 2.14. The van der Waals surface area contributed by atoms with Crippen LogP contribution in [-0.4, -0.2) is 49.1 Å². The Morgan fingerprint density at radius 3 is 2.17 bits per heavy atom. The molecule has 4 heteroatoms. The molecule has 2 aromatic carbocycles. The molecule has 0 saturated carbocycles. The topological polar surface area (TPSA) is 15.7 Å². The molecule has 0 amide bonds. The summed E-state index contributed by atoms with van der Waals surface area (Å²) in [5.41, 5.74) is 2.65. The molecule has 128 valence electrons. The molecule has 0 radical (unpaired) electrons. The highest BCUT2D eigenvalue weighted by Gasteiger charge is 2.16. The predicted octanol–water partition coefficient (Wildman–Crippen LogP) is 3.95. The van der Waals surface area contributed by atoms with Gasteiger partial charge in [-0.25, -0.2) is 0 Å². The molecule has 1 saturated heterocycles. The van der Waals surface area contributed by atoms with Crippen molar-refractivity contribution in [1.82, 2.24) is 9.80 Å². The van der Waals surface area contributed by atoms with E-state index in [1.165, 1.54) is 11.1 Å². The van der Waals surface area contributed by atoms with E-state index in [4.69, 9.17) is 4.74 Å². The maximum atomic E-state index is 5.84. The molecular weight excluding hydrogens is 364 g/mol. The van der Waals surface area contributed by atoms with Crippen LogP contribution in [0.2, 0.25) is 0 Å². The maximum Gasteiger partial charge on any atom is 0.119 e. The number of ether oxygens (including phenoxy) is 1. The zero-order valence-corrected chi connectivity index (χ0v) is 15.8. The Kier molecular flexibility index (Phi) is 6.30. The van der Waals surface area contributed by atoms with Crippen molar-refractivity contribution in [2.75, 3.05) is 39.3 Å². The van der Waals surface area contributed by atoms with Crippen molar-refractivity contribution in [2.24, 2.45) is 0 Å². The summed E-state index contributed by atoms with van der Waals surface area (Å²) >= 11 is 3.49. The molecule has 0 unspecified atom stereocenters. The molecule has 1 aliphatic rings. The van der Waals surface area contributed by atoms with Gasteiger partial charge in [-0.15, -0.1) is 0 Å². The van der Waals surface area contributed by atoms with Gasteiger partial charge in [-0.05, 0) is 36.8 Å². The van der Waals surface area contributed by atoms with Gasteiger partial charge in [-0.2, -0.15) is 0 Å². The van der Waals surface area contributed by atoms with Crippen molar-refractivity contribution in [3.8, 4) is 5.75 Å². The first-order valence-electron chi connectivity index (χ1n) is 8.58. The standard InChI is InChI=1S/C20H25BrN2O/c1-17-2-8-20(9-3-17)24-15-14-22-10-12-23(13-11-22)16-18-4-6-19(21)7-5-18/h2-9H,10-16H2,1H3. The van der Waals surface area contributed by atoms with E-state index in [0.29, 0.717) is 0 Å². The van der Waals surface area contributed by atoms with Crippen molar-refractivity contribution in [2.45, 2.75) is 13.5 Å². The SMILES string of the molecule is Cc1ccc(OCCN2CCN(Cc3ccc(Br)cc3)CC2)cc1. The molecule has 1 fully saturated rings. The highest BCUT2D eigenvalue weighted by molar-refractivity contribution is 9.10. The van der Waals surface area contributed by atoms with Gasteiger partial charge in [0.15, 0.2) is 0 Å². The maximum absolute atomic E-state index is 5.84. The molecule has 2 aromatic rings. The number of rotatable bonds is 6. The lowest BCUT2D eigenvalue weighted by molar-refractivity contribution is 0.112. The summed E-state index contributed by atoms with van der Waals surface area (Å²) in [5.74, 6) is 0.967. The number of benzene rings is 2. The summed E-state index contributed by atoms with van der Waals surface area (Å²) in [5, 5.41) is 0. The van der Waals surface area contributed by atoms with Crippen molar-refractivity contribution >= 4 is 15.9 Å². The Labute approximate surface area is 153 Å². The first-order valence-corrected chi connectivity index (χ1v) is 9.37. The quantitative estimate of drug-likeness (QED) is 0.744. The van der Waals surface area contributed by atoms with Crippen LogP contribution in [0.25, 0.3) is 0 Å². The summed E-state index contributed by atoms with van der Waals surface area (Å²) in [6, 6.07) is 16.9. The van der Waals surface area contributed by atoms with Crippen molar-refractivity contribution < 1.29 is 4.74 Å². The minimum absolute atomic E-state index is 0.760. The molecule has 0 aromatic heterocycles. The lowest BCUT2D eigenvalue weighted by atomic mass is 10.2. The third-order valence-corrected chi connectivity index (χ3v) is 5.01. The van der Waals surface area contributed by atoms with Crippen molar-refractivity contribution in [1.29, 1.82) is 0 Å². The Morgan fingerprint density at radius 1 is 0.875 bits per heavy atom. The Bertz CT molecular complexity index is 619. The second-order valence-electron chi connectivity index (χ2n) is 6.41. The van der Waals surface area contributed by atoms with E-state index in [-0.39, 0.29) is 0 Å². The van der Waals surface area contributed by atoms with Crippen LogP contribution in [0.3, 0.4) is 0 Å². The second kappa shape index (κ2) is 8.65. The zero-order chi connectivity index (χ0) is 16.8. The zero-order valence-electron chi connectivity index (χ0n) is 14.2. The third-order valence-electron chi connectivity index (χ3n) is 4.48. The third kappa shape index (κ3) is 5.33. The molecule has 1 aliphatic heterocycles. The summed E-state index contributed by atoms with van der Waals surface area (Å²) in [4.78, 5) is 5.02. The number of hydrogen-bond donors (Lipinski definition) is 0. The van der Waals surface area contributed by atoms with Crippen LogP contribution in [0.1, 0.15) is 11.1 Å². The van der Waals surface area contributed by atoms with Crippen LogP contribution in [0.5, 0.6) is 5.75 Å². The Hall–Kier alpha value is -1.36. The number of halogens is 1. The van der Waals surface area contributed by atoms with Gasteiger partial charge in [0, 0.05) is 43.7 Å². The van der Waals surface area contributed by atoms with Crippen LogP contribution < -0.4 is 4.74 Å². The molecule has 0 aliphatic carbocycles. The van der Waals surface area contributed by atoms with Gasteiger partial charge in [0.1, 0.15) is 12.4 Å². The molecule has 24 heavy (non-hydrogen) atoms. The van der Waals surface area contributed by atoms with Crippen LogP contribution >= 0.6 is 15.9 Å². The fourth-order valence-corrected chi connectivity index (χ4v) is 3.21. The fourth-order valence-electron chi connectivity index (χ4n) is 2.95. The normalized spacial score (nSPS) is 16.2. The van der Waals surface area contributed by atoms with Crippen LogP contribution in [0, 0.1) is 6.92 Å². The van der Waals surface area contributed by atoms with Crippen LogP contribution in [0.4, 0.5) is 0 Å². The minimum Gasteiger partial charge on any atom is -0.492 e. The van der Waals surface area contributed by atoms with E-state index in [1.54, 1.807) is 0 Å². The van der Waals surface area contributed by atoms with Gasteiger partial charge in [-0.3, -0.25) is 9.80 Å². The van der Waals surface area contributed by atoms with Gasteiger partial charge in [0.05, 0.1) is 0 Å².